The predicted octanol–water partition coefficient (Wildman–Crippen LogP) is 0.966. The Morgan fingerprint density at radius 2 is 2.20 bits per heavy atom. The number of likely N-dealkylation sites (tertiary alicyclic amines) is 1. The van der Waals surface area contributed by atoms with Crippen molar-refractivity contribution in [1.29, 1.82) is 0 Å². The lowest BCUT2D eigenvalue weighted by molar-refractivity contribution is 0.0128. The molecule has 0 spiro atoms. The third kappa shape index (κ3) is 3.09. The zero-order valence-electron chi connectivity index (χ0n) is 9.32. The Hall–Kier alpha value is -0.770. The number of nitrogens with zero attached hydrogens (tertiary/aromatic N) is 2. The number of hydrogen-bond acceptors (Lipinski definition) is 2. The molecule has 2 rings (SSSR count). The smallest absolute Gasteiger partial charge is 0.191 e. The van der Waals surface area contributed by atoms with Crippen molar-refractivity contribution in [3.05, 3.63) is 0 Å². The number of ether oxygens (including phenoxy) is 1. The van der Waals surface area contributed by atoms with Crippen molar-refractivity contribution >= 4 is 5.96 Å². The highest BCUT2D eigenvalue weighted by atomic mass is 16.5. The zero-order chi connectivity index (χ0) is 10.5. The first-order chi connectivity index (χ1) is 7.36. The lowest BCUT2D eigenvalue weighted by Crippen LogP contribution is -2.46. The van der Waals surface area contributed by atoms with E-state index in [2.05, 4.69) is 9.89 Å². The van der Waals surface area contributed by atoms with Crippen molar-refractivity contribution in [1.82, 2.24) is 4.90 Å². The molecule has 2 aliphatic heterocycles. The molecule has 4 nitrogen and oxygen atoms in total. The summed E-state index contributed by atoms with van der Waals surface area (Å²) in [5, 5.41) is 0. The van der Waals surface area contributed by atoms with E-state index in [0.717, 1.165) is 38.6 Å². The molecule has 2 saturated heterocycles. The third-order valence-electron chi connectivity index (χ3n) is 3.18. The molecular formula is C11H21N3O. The van der Waals surface area contributed by atoms with E-state index in [1.807, 2.05) is 0 Å². The van der Waals surface area contributed by atoms with Crippen molar-refractivity contribution in [3.63, 3.8) is 0 Å². The molecule has 2 N–H and O–H groups in total. The summed E-state index contributed by atoms with van der Waals surface area (Å²) in [6, 6.07) is 0. The normalized spacial score (nSPS) is 27.6. The first-order valence-electron chi connectivity index (χ1n) is 6.03. The molecule has 2 fully saturated rings. The van der Waals surface area contributed by atoms with Gasteiger partial charge in [0.1, 0.15) is 0 Å². The lowest BCUT2D eigenvalue weighted by atomic mass is 10.1. The van der Waals surface area contributed by atoms with Crippen LogP contribution in [0, 0.1) is 0 Å². The van der Waals surface area contributed by atoms with Crippen molar-refractivity contribution < 1.29 is 4.74 Å². The molecule has 15 heavy (non-hydrogen) atoms. The van der Waals surface area contributed by atoms with E-state index in [1.165, 1.54) is 25.7 Å². The van der Waals surface area contributed by atoms with Crippen molar-refractivity contribution in [2.45, 2.75) is 38.2 Å². The maximum absolute atomic E-state index is 5.83. The molecule has 2 aliphatic rings. The van der Waals surface area contributed by atoms with Gasteiger partial charge in [-0.15, -0.1) is 0 Å². The average Bonchev–Trinajstić information content (AvgIpc) is 2.16. The quantitative estimate of drug-likeness (QED) is 0.559. The molecule has 1 unspecified atom stereocenters. The van der Waals surface area contributed by atoms with Gasteiger partial charge >= 0.3 is 0 Å². The van der Waals surface area contributed by atoms with E-state index in [9.17, 15) is 0 Å². The molecule has 86 valence electrons. The Bertz CT molecular complexity index is 220. The van der Waals surface area contributed by atoms with Crippen LogP contribution in [-0.4, -0.2) is 43.2 Å². The number of aliphatic imine (C=N–C) groups is 1. The molecule has 0 aromatic carbocycles. The lowest BCUT2D eigenvalue weighted by Gasteiger charge is -2.31. The van der Waals surface area contributed by atoms with Crippen LogP contribution < -0.4 is 5.73 Å². The van der Waals surface area contributed by atoms with Gasteiger partial charge in [-0.25, -0.2) is 0 Å². The molecule has 0 bridgehead atoms. The van der Waals surface area contributed by atoms with Crippen LogP contribution in [0.4, 0.5) is 0 Å². The minimum Gasteiger partial charge on any atom is -0.378 e. The monoisotopic (exact) mass is 211 g/mol. The van der Waals surface area contributed by atoms with Crippen molar-refractivity contribution in [3.8, 4) is 0 Å². The Balaban J connectivity index is 1.63. The SMILES string of the molecule is NC(=NCCC1CCCCO1)N1CCC1. The summed E-state index contributed by atoms with van der Waals surface area (Å²) in [4.78, 5) is 6.51. The van der Waals surface area contributed by atoms with Gasteiger partial charge in [0.05, 0.1) is 6.10 Å². The summed E-state index contributed by atoms with van der Waals surface area (Å²) in [5.74, 6) is 0.719. The highest BCUT2D eigenvalue weighted by Crippen LogP contribution is 2.15. The molecule has 1 atom stereocenters. The minimum atomic E-state index is 0.423. The van der Waals surface area contributed by atoms with Crippen LogP contribution in [0.2, 0.25) is 0 Å². The summed E-state index contributed by atoms with van der Waals surface area (Å²) >= 11 is 0. The highest BCUT2D eigenvalue weighted by Gasteiger charge is 2.16. The first-order valence-corrected chi connectivity index (χ1v) is 6.03. The van der Waals surface area contributed by atoms with Gasteiger partial charge in [-0.1, -0.05) is 0 Å². The highest BCUT2D eigenvalue weighted by molar-refractivity contribution is 5.78. The predicted molar refractivity (Wildman–Crippen MR) is 60.9 cm³/mol. The van der Waals surface area contributed by atoms with Gasteiger partial charge in [-0.05, 0) is 32.1 Å². The van der Waals surface area contributed by atoms with Gasteiger partial charge in [0, 0.05) is 26.2 Å². The fraction of sp³-hybridized carbons (Fsp3) is 0.909. The average molecular weight is 211 g/mol. The number of hydrogen-bond donors (Lipinski definition) is 1. The van der Waals surface area contributed by atoms with Crippen LogP contribution in [0.5, 0.6) is 0 Å². The van der Waals surface area contributed by atoms with Gasteiger partial charge in [0.2, 0.25) is 0 Å². The summed E-state index contributed by atoms with van der Waals surface area (Å²) in [6.07, 6.45) is 6.41. The molecule has 0 radical (unpaired) electrons. The molecule has 0 saturated carbocycles. The molecule has 0 aromatic rings. The number of rotatable bonds is 3. The van der Waals surface area contributed by atoms with Crippen LogP contribution in [0.3, 0.4) is 0 Å². The zero-order valence-corrected chi connectivity index (χ0v) is 9.32. The molecule has 0 amide bonds. The molecule has 0 aliphatic carbocycles. The Labute approximate surface area is 91.5 Å². The van der Waals surface area contributed by atoms with Crippen LogP contribution in [0.15, 0.2) is 4.99 Å². The topological polar surface area (TPSA) is 50.9 Å². The summed E-state index contributed by atoms with van der Waals surface area (Å²) in [6.45, 7) is 3.90. The standard InChI is InChI=1S/C11H21N3O/c12-11(14-7-3-8-14)13-6-5-10-4-1-2-9-15-10/h10H,1-9H2,(H2,12,13). The Morgan fingerprint density at radius 3 is 2.80 bits per heavy atom. The van der Waals surface area contributed by atoms with Gasteiger partial charge in [0.25, 0.3) is 0 Å². The van der Waals surface area contributed by atoms with E-state index in [4.69, 9.17) is 10.5 Å². The maximum atomic E-state index is 5.83. The summed E-state index contributed by atoms with van der Waals surface area (Å²) < 4.78 is 5.64. The maximum Gasteiger partial charge on any atom is 0.191 e. The summed E-state index contributed by atoms with van der Waals surface area (Å²) in [7, 11) is 0. The second-order valence-corrected chi connectivity index (χ2v) is 4.36. The molecule has 4 heteroatoms. The summed E-state index contributed by atoms with van der Waals surface area (Å²) in [5.41, 5.74) is 5.83. The van der Waals surface area contributed by atoms with Crippen LogP contribution in [0.25, 0.3) is 0 Å². The fourth-order valence-electron chi connectivity index (χ4n) is 2.00. The number of nitrogens with two attached hydrogens (primary N) is 1. The molecule has 0 aromatic heterocycles. The van der Waals surface area contributed by atoms with E-state index in [1.54, 1.807) is 0 Å². The Kier molecular flexibility index (Phi) is 3.83. The van der Waals surface area contributed by atoms with Gasteiger partial charge in [-0.2, -0.15) is 0 Å². The second kappa shape index (κ2) is 5.35. The van der Waals surface area contributed by atoms with Crippen molar-refractivity contribution in [2.75, 3.05) is 26.2 Å². The van der Waals surface area contributed by atoms with Gasteiger partial charge in [0.15, 0.2) is 5.96 Å². The van der Waals surface area contributed by atoms with E-state index in [-0.39, 0.29) is 0 Å². The van der Waals surface area contributed by atoms with E-state index >= 15 is 0 Å². The molecular weight excluding hydrogens is 190 g/mol. The second-order valence-electron chi connectivity index (χ2n) is 4.36. The van der Waals surface area contributed by atoms with Crippen LogP contribution in [-0.2, 0) is 4.74 Å². The third-order valence-corrected chi connectivity index (χ3v) is 3.18. The van der Waals surface area contributed by atoms with Gasteiger partial charge < -0.3 is 15.4 Å². The minimum absolute atomic E-state index is 0.423. The van der Waals surface area contributed by atoms with E-state index < -0.39 is 0 Å². The number of guanidine groups is 1. The molecule has 2 heterocycles. The Morgan fingerprint density at radius 1 is 1.33 bits per heavy atom. The van der Waals surface area contributed by atoms with E-state index in [0.29, 0.717) is 6.10 Å². The van der Waals surface area contributed by atoms with Crippen molar-refractivity contribution in [2.24, 2.45) is 10.7 Å². The fourth-order valence-corrected chi connectivity index (χ4v) is 2.00. The largest absolute Gasteiger partial charge is 0.378 e. The van der Waals surface area contributed by atoms with Crippen LogP contribution in [0.1, 0.15) is 32.1 Å². The van der Waals surface area contributed by atoms with Gasteiger partial charge in [-0.3, -0.25) is 4.99 Å². The first kappa shape index (κ1) is 10.7. The van der Waals surface area contributed by atoms with Crippen LogP contribution >= 0.6 is 0 Å².